The van der Waals surface area contributed by atoms with E-state index >= 15 is 0 Å². The third kappa shape index (κ3) is 2.83. The van der Waals surface area contributed by atoms with Crippen molar-refractivity contribution in [2.24, 2.45) is 5.92 Å². The first kappa shape index (κ1) is 11.6. The van der Waals surface area contributed by atoms with Gasteiger partial charge in [0, 0.05) is 4.47 Å². The van der Waals surface area contributed by atoms with Gasteiger partial charge in [-0.15, -0.1) is 0 Å². The van der Waals surface area contributed by atoms with Crippen LogP contribution in [0.25, 0.3) is 0 Å². The maximum absolute atomic E-state index is 10.8. The lowest BCUT2D eigenvalue weighted by Gasteiger charge is -2.08. The molecule has 0 aromatic heterocycles. The summed E-state index contributed by atoms with van der Waals surface area (Å²) in [5.74, 6) is -0.305. The molecule has 2 atom stereocenters. The Morgan fingerprint density at radius 1 is 1.44 bits per heavy atom. The molecular formula is C12H14BrNO2. The Bertz CT molecular complexity index is 377. The summed E-state index contributed by atoms with van der Waals surface area (Å²) in [6, 6.07) is 7.84. The van der Waals surface area contributed by atoms with Gasteiger partial charge in [0.15, 0.2) is 0 Å². The van der Waals surface area contributed by atoms with Gasteiger partial charge in [0.05, 0.1) is 0 Å². The highest BCUT2D eigenvalue weighted by Crippen LogP contribution is 2.20. The second-order valence-corrected chi connectivity index (χ2v) is 5.15. The second-order valence-electron chi connectivity index (χ2n) is 4.23. The predicted octanol–water partition coefficient (Wildman–Crippen LogP) is 2.05. The zero-order chi connectivity index (χ0) is 11.5. The fraction of sp³-hybridized carbons (Fsp3) is 0.417. The van der Waals surface area contributed by atoms with Gasteiger partial charge in [0.2, 0.25) is 0 Å². The van der Waals surface area contributed by atoms with Gasteiger partial charge in [0.25, 0.3) is 0 Å². The summed E-state index contributed by atoms with van der Waals surface area (Å²) in [4.78, 5) is 10.8. The van der Waals surface area contributed by atoms with Crippen molar-refractivity contribution >= 4 is 21.9 Å². The number of carboxylic acids is 1. The van der Waals surface area contributed by atoms with Crippen LogP contribution in [-0.2, 0) is 11.2 Å². The van der Waals surface area contributed by atoms with Crippen molar-refractivity contribution in [3.63, 3.8) is 0 Å². The summed E-state index contributed by atoms with van der Waals surface area (Å²) in [7, 11) is 0. The maximum Gasteiger partial charge on any atom is 0.320 e. The molecular weight excluding hydrogens is 270 g/mol. The number of carbonyl (C=O) groups is 1. The number of nitrogens with one attached hydrogen (secondary N) is 1. The Morgan fingerprint density at radius 2 is 2.12 bits per heavy atom. The zero-order valence-electron chi connectivity index (χ0n) is 8.82. The Balaban J connectivity index is 1.92. The van der Waals surface area contributed by atoms with Crippen molar-refractivity contribution in [2.75, 3.05) is 6.54 Å². The Labute approximate surface area is 103 Å². The lowest BCUT2D eigenvalue weighted by Crippen LogP contribution is -2.29. The molecule has 1 saturated heterocycles. The average Bonchev–Trinajstić information content (AvgIpc) is 2.70. The van der Waals surface area contributed by atoms with E-state index in [0.29, 0.717) is 5.92 Å². The molecule has 1 heterocycles. The molecule has 0 amide bonds. The van der Waals surface area contributed by atoms with Crippen LogP contribution in [0.4, 0.5) is 0 Å². The lowest BCUT2D eigenvalue weighted by molar-refractivity contribution is -0.139. The largest absolute Gasteiger partial charge is 0.480 e. The van der Waals surface area contributed by atoms with E-state index in [0.717, 1.165) is 23.9 Å². The van der Waals surface area contributed by atoms with Crippen LogP contribution in [0.1, 0.15) is 12.0 Å². The van der Waals surface area contributed by atoms with Crippen LogP contribution in [-0.4, -0.2) is 23.7 Å². The highest BCUT2D eigenvalue weighted by Gasteiger charge is 2.28. The Morgan fingerprint density at radius 3 is 2.69 bits per heavy atom. The number of aliphatic carboxylic acids is 1. The number of carboxylic acid groups (broad SMARTS) is 1. The topological polar surface area (TPSA) is 49.3 Å². The van der Waals surface area contributed by atoms with Crippen molar-refractivity contribution in [2.45, 2.75) is 18.9 Å². The summed E-state index contributed by atoms with van der Waals surface area (Å²) in [5.41, 5.74) is 1.26. The molecule has 1 aliphatic heterocycles. The van der Waals surface area contributed by atoms with Gasteiger partial charge in [-0.1, -0.05) is 28.1 Å². The summed E-state index contributed by atoms with van der Waals surface area (Å²) in [5, 5.41) is 11.9. The quantitative estimate of drug-likeness (QED) is 0.893. The summed E-state index contributed by atoms with van der Waals surface area (Å²) in [6.45, 7) is 0.799. The molecule has 0 bridgehead atoms. The number of benzene rings is 1. The van der Waals surface area contributed by atoms with E-state index in [1.807, 2.05) is 12.1 Å². The van der Waals surface area contributed by atoms with Gasteiger partial charge in [-0.25, -0.2) is 0 Å². The Hall–Kier alpha value is -0.870. The fourth-order valence-electron chi connectivity index (χ4n) is 2.11. The van der Waals surface area contributed by atoms with Gasteiger partial charge in [-0.05, 0) is 43.0 Å². The van der Waals surface area contributed by atoms with E-state index in [4.69, 9.17) is 5.11 Å². The van der Waals surface area contributed by atoms with Crippen molar-refractivity contribution < 1.29 is 9.90 Å². The van der Waals surface area contributed by atoms with Crippen LogP contribution in [0.5, 0.6) is 0 Å². The van der Waals surface area contributed by atoms with E-state index in [2.05, 4.69) is 33.4 Å². The van der Waals surface area contributed by atoms with E-state index < -0.39 is 5.97 Å². The standard InChI is InChI=1S/C12H14BrNO2/c13-10-3-1-8(2-4-10)5-9-6-11(12(15)16)14-7-9/h1-4,9,11,14H,5-7H2,(H,15,16). The van der Waals surface area contributed by atoms with Crippen LogP contribution in [0.3, 0.4) is 0 Å². The second kappa shape index (κ2) is 4.97. The summed E-state index contributed by atoms with van der Waals surface area (Å²) < 4.78 is 1.07. The van der Waals surface area contributed by atoms with Gasteiger partial charge in [-0.3, -0.25) is 4.79 Å². The van der Waals surface area contributed by atoms with Crippen LogP contribution in [0, 0.1) is 5.92 Å². The average molecular weight is 284 g/mol. The molecule has 86 valence electrons. The maximum atomic E-state index is 10.8. The first-order valence-electron chi connectivity index (χ1n) is 5.36. The summed E-state index contributed by atoms with van der Waals surface area (Å²) >= 11 is 3.40. The minimum Gasteiger partial charge on any atom is -0.480 e. The highest BCUT2D eigenvalue weighted by atomic mass is 79.9. The van der Waals surface area contributed by atoms with Crippen LogP contribution in [0.15, 0.2) is 28.7 Å². The first-order chi connectivity index (χ1) is 7.65. The van der Waals surface area contributed by atoms with E-state index in [9.17, 15) is 4.79 Å². The molecule has 16 heavy (non-hydrogen) atoms. The van der Waals surface area contributed by atoms with Gasteiger partial charge in [-0.2, -0.15) is 0 Å². The van der Waals surface area contributed by atoms with Crippen molar-refractivity contribution in [3.05, 3.63) is 34.3 Å². The number of halogens is 1. The fourth-order valence-corrected chi connectivity index (χ4v) is 2.37. The monoisotopic (exact) mass is 283 g/mol. The Kier molecular flexibility index (Phi) is 3.61. The predicted molar refractivity (Wildman–Crippen MR) is 65.4 cm³/mol. The van der Waals surface area contributed by atoms with Crippen molar-refractivity contribution in [1.29, 1.82) is 0 Å². The van der Waals surface area contributed by atoms with E-state index in [-0.39, 0.29) is 6.04 Å². The molecule has 1 fully saturated rings. The third-order valence-electron chi connectivity index (χ3n) is 2.96. The van der Waals surface area contributed by atoms with Crippen LogP contribution in [0.2, 0.25) is 0 Å². The smallest absolute Gasteiger partial charge is 0.320 e. The van der Waals surface area contributed by atoms with E-state index in [1.165, 1.54) is 5.56 Å². The zero-order valence-corrected chi connectivity index (χ0v) is 10.4. The molecule has 2 rings (SSSR count). The molecule has 1 aromatic carbocycles. The molecule has 2 unspecified atom stereocenters. The van der Waals surface area contributed by atoms with Gasteiger partial charge < -0.3 is 10.4 Å². The van der Waals surface area contributed by atoms with E-state index in [1.54, 1.807) is 0 Å². The van der Waals surface area contributed by atoms with Gasteiger partial charge in [0.1, 0.15) is 6.04 Å². The molecule has 0 radical (unpaired) electrons. The molecule has 1 aliphatic rings. The third-order valence-corrected chi connectivity index (χ3v) is 3.49. The summed E-state index contributed by atoms with van der Waals surface area (Å²) in [6.07, 6.45) is 1.68. The minimum atomic E-state index is -0.738. The molecule has 0 aliphatic carbocycles. The number of hydrogen-bond acceptors (Lipinski definition) is 2. The first-order valence-corrected chi connectivity index (χ1v) is 6.15. The van der Waals surface area contributed by atoms with Crippen molar-refractivity contribution in [1.82, 2.24) is 5.32 Å². The minimum absolute atomic E-state index is 0.361. The number of rotatable bonds is 3. The number of hydrogen-bond donors (Lipinski definition) is 2. The molecule has 1 aromatic rings. The SMILES string of the molecule is O=C(O)C1CC(Cc2ccc(Br)cc2)CN1. The molecule has 0 saturated carbocycles. The van der Waals surface area contributed by atoms with Crippen molar-refractivity contribution in [3.8, 4) is 0 Å². The normalized spacial score (nSPS) is 24.6. The highest BCUT2D eigenvalue weighted by molar-refractivity contribution is 9.10. The van der Waals surface area contributed by atoms with Crippen LogP contribution >= 0.6 is 15.9 Å². The molecule has 0 spiro atoms. The van der Waals surface area contributed by atoms with Crippen LogP contribution < -0.4 is 5.32 Å². The lowest BCUT2D eigenvalue weighted by atomic mass is 9.97. The van der Waals surface area contributed by atoms with Gasteiger partial charge >= 0.3 is 5.97 Å². The molecule has 2 N–H and O–H groups in total. The molecule has 3 nitrogen and oxygen atoms in total. The molecule has 4 heteroatoms.